The minimum Gasteiger partial charge on any atom is -0.496 e. The molecule has 2 atom stereocenters. The van der Waals surface area contributed by atoms with Crippen LogP contribution in [0, 0.1) is 5.92 Å². The van der Waals surface area contributed by atoms with Crippen LogP contribution in [-0.2, 0) is 10.0 Å². The van der Waals surface area contributed by atoms with E-state index in [-0.39, 0.29) is 28.2 Å². The molecule has 2 rings (SSSR count). The highest BCUT2D eigenvalue weighted by Crippen LogP contribution is 2.30. The zero-order chi connectivity index (χ0) is 16.5. The van der Waals surface area contributed by atoms with Gasteiger partial charge in [-0.05, 0) is 44.0 Å². The lowest BCUT2D eigenvalue weighted by Crippen LogP contribution is -2.34. The second-order valence-corrected chi connectivity index (χ2v) is 7.38. The summed E-state index contributed by atoms with van der Waals surface area (Å²) in [4.78, 5) is 11.5. The first-order chi connectivity index (χ1) is 10.3. The van der Waals surface area contributed by atoms with Crippen molar-refractivity contribution in [2.24, 2.45) is 17.4 Å². The molecule has 0 bridgehead atoms. The van der Waals surface area contributed by atoms with Crippen molar-refractivity contribution in [3.05, 3.63) is 23.8 Å². The maximum absolute atomic E-state index is 12.8. The summed E-state index contributed by atoms with van der Waals surface area (Å²) in [7, 11) is -2.30. The number of benzene rings is 1. The van der Waals surface area contributed by atoms with Gasteiger partial charge < -0.3 is 16.2 Å². The van der Waals surface area contributed by atoms with E-state index in [0.717, 1.165) is 6.42 Å². The summed E-state index contributed by atoms with van der Waals surface area (Å²) >= 11 is 0. The highest BCUT2D eigenvalue weighted by Gasteiger charge is 2.37. The number of nitrogens with two attached hydrogens (primary N) is 2. The van der Waals surface area contributed by atoms with Crippen molar-refractivity contribution in [1.29, 1.82) is 0 Å². The highest BCUT2D eigenvalue weighted by atomic mass is 32.2. The minimum atomic E-state index is -3.70. The van der Waals surface area contributed by atoms with Crippen LogP contribution in [-0.4, -0.2) is 44.9 Å². The monoisotopic (exact) mass is 327 g/mol. The van der Waals surface area contributed by atoms with E-state index < -0.39 is 15.9 Å². The van der Waals surface area contributed by atoms with Gasteiger partial charge in [-0.2, -0.15) is 4.31 Å². The molecule has 1 amide bonds. The number of rotatable bonds is 5. The molecule has 0 aromatic heterocycles. The van der Waals surface area contributed by atoms with Crippen LogP contribution in [0.5, 0.6) is 5.75 Å². The van der Waals surface area contributed by atoms with Gasteiger partial charge in [-0.3, -0.25) is 4.79 Å². The minimum absolute atomic E-state index is 0.0339. The number of nitrogens with zero attached hydrogens (tertiary/aromatic N) is 1. The average molecular weight is 327 g/mol. The molecular formula is C14H21N3O4S. The van der Waals surface area contributed by atoms with Crippen LogP contribution in [0.3, 0.4) is 0 Å². The Balaban J connectivity index is 2.42. The van der Waals surface area contributed by atoms with Crippen molar-refractivity contribution in [2.75, 3.05) is 20.2 Å². The van der Waals surface area contributed by atoms with Gasteiger partial charge in [-0.1, -0.05) is 0 Å². The second kappa shape index (κ2) is 6.23. The van der Waals surface area contributed by atoms with Crippen molar-refractivity contribution >= 4 is 15.9 Å². The molecule has 0 aliphatic carbocycles. The average Bonchev–Trinajstić information content (AvgIpc) is 2.88. The van der Waals surface area contributed by atoms with Crippen molar-refractivity contribution in [3.8, 4) is 5.75 Å². The van der Waals surface area contributed by atoms with Crippen LogP contribution in [0.4, 0.5) is 0 Å². The van der Waals surface area contributed by atoms with Gasteiger partial charge in [-0.15, -0.1) is 0 Å². The Morgan fingerprint density at radius 3 is 2.64 bits per heavy atom. The third-order valence-corrected chi connectivity index (χ3v) is 5.96. The number of carbonyl (C=O) groups excluding carboxylic acids is 1. The van der Waals surface area contributed by atoms with Gasteiger partial charge in [-0.25, -0.2) is 8.42 Å². The number of ether oxygens (including phenoxy) is 1. The number of amides is 1. The van der Waals surface area contributed by atoms with E-state index in [9.17, 15) is 13.2 Å². The number of primary amides is 1. The van der Waals surface area contributed by atoms with E-state index >= 15 is 0 Å². The fraction of sp³-hybridized carbons (Fsp3) is 0.500. The van der Waals surface area contributed by atoms with Gasteiger partial charge in [0.2, 0.25) is 10.0 Å². The Morgan fingerprint density at radius 2 is 2.14 bits per heavy atom. The van der Waals surface area contributed by atoms with Gasteiger partial charge in [0, 0.05) is 12.6 Å². The first-order valence-electron chi connectivity index (χ1n) is 7.01. The quantitative estimate of drug-likeness (QED) is 0.799. The molecule has 122 valence electrons. The summed E-state index contributed by atoms with van der Waals surface area (Å²) in [6, 6.07) is 3.99. The molecule has 0 radical (unpaired) electrons. The maximum Gasteiger partial charge on any atom is 0.252 e. The summed E-state index contributed by atoms with van der Waals surface area (Å²) < 4.78 is 32.0. The maximum atomic E-state index is 12.8. The molecule has 1 aliphatic rings. The molecule has 1 heterocycles. The van der Waals surface area contributed by atoms with Crippen molar-refractivity contribution < 1.29 is 17.9 Å². The van der Waals surface area contributed by atoms with Gasteiger partial charge in [0.25, 0.3) is 5.91 Å². The number of sulfonamides is 1. The third-order valence-electron chi connectivity index (χ3n) is 3.98. The van der Waals surface area contributed by atoms with Crippen LogP contribution < -0.4 is 16.2 Å². The van der Waals surface area contributed by atoms with Gasteiger partial charge in [0.1, 0.15) is 5.75 Å². The zero-order valence-electron chi connectivity index (χ0n) is 12.7. The summed E-state index contributed by atoms with van der Waals surface area (Å²) in [6.07, 6.45) is 0.731. The Labute approximate surface area is 130 Å². The smallest absolute Gasteiger partial charge is 0.252 e. The Bertz CT molecular complexity index is 675. The first-order valence-corrected chi connectivity index (χ1v) is 8.45. The van der Waals surface area contributed by atoms with Crippen LogP contribution in [0.1, 0.15) is 23.7 Å². The predicted molar refractivity (Wildman–Crippen MR) is 82.0 cm³/mol. The lowest BCUT2D eigenvalue weighted by Gasteiger charge is -2.21. The van der Waals surface area contributed by atoms with Crippen molar-refractivity contribution in [3.63, 3.8) is 0 Å². The largest absolute Gasteiger partial charge is 0.496 e. The van der Waals surface area contributed by atoms with Crippen LogP contribution in [0.2, 0.25) is 0 Å². The van der Waals surface area contributed by atoms with Crippen LogP contribution in [0.25, 0.3) is 0 Å². The summed E-state index contributed by atoms with van der Waals surface area (Å²) in [6.45, 7) is 2.69. The number of hydrogen-bond acceptors (Lipinski definition) is 5. The summed E-state index contributed by atoms with van der Waals surface area (Å²) in [5.41, 5.74) is 11.0. The second-order valence-electron chi connectivity index (χ2n) is 5.49. The molecule has 8 heteroatoms. The van der Waals surface area contributed by atoms with Gasteiger partial charge in [0.05, 0.1) is 17.6 Å². The Morgan fingerprint density at radius 1 is 1.45 bits per heavy atom. The normalized spacial score (nSPS) is 22.7. The van der Waals surface area contributed by atoms with Crippen LogP contribution in [0.15, 0.2) is 23.1 Å². The van der Waals surface area contributed by atoms with E-state index in [2.05, 4.69) is 0 Å². The zero-order valence-corrected chi connectivity index (χ0v) is 13.5. The molecule has 0 spiro atoms. The summed E-state index contributed by atoms with van der Waals surface area (Å²) in [5, 5.41) is 0. The molecule has 22 heavy (non-hydrogen) atoms. The van der Waals surface area contributed by atoms with E-state index in [0.29, 0.717) is 13.1 Å². The first kappa shape index (κ1) is 16.7. The fourth-order valence-electron chi connectivity index (χ4n) is 2.79. The molecule has 1 fully saturated rings. The molecule has 1 aromatic carbocycles. The molecule has 7 nitrogen and oxygen atoms in total. The molecule has 1 aromatic rings. The standard InChI is InChI=1S/C14H21N3O4S/c1-9-5-10(7-15)8-17(9)22(19,20)11-3-4-13(21-2)12(6-11)14(16)18/h3-4,6,9-10H,5,7-8,15H2,1-2H3,(H2,16,18). The molecule has 1 saturated heterocycles. The predicted octanol–water partition coefficient (Wildman–Crippen LogP) is 0.152. The number of hydrogen-bond donors (Lipinski definition) is 2. The SMILES string of the molecule is COc1ccc(S(=O)(=O)N2CC(CN)CC2C)cc1C(N)=O. The number of carbonyl (C=O) groups is 1. The van der Waals surface area contributed by atoms with E-state index in [1.807, 2.05) is 6.92 Å². The third kappa shape index (κ3) is 2.94. The lowest BCUT2D eigenvalue weighted by molar-refractivity contribution is 0.0997. The highest BCUT2D eigenvalue weighted by molar-refractivity contribution is 7.89. The summed E-state index contributed by atoms with van der Waals surface area (Å²) in [5.74, 6) is -0.331. The Hall–Kier alpha value is -1.64. The fourth-order valence-corrected chi connectivity index (χ4v) is 4.53. The van der Waals surface area contributed by atoms with E-state index in [4.69, 9.17) is 16.2 Å². The number of methoxy groups -OCH3 is 1. The van der Waals surface area contributed by atoms with Gasteiger partial charge in [0.15, 0.2) is 0 Å². The topological polar surface area (TPSA) is 116 Å². The Kier molecular flexibility index (Phi) is 4.74. The van der Waals surface area contributed by atoms with Crippen LogP contribution >= 0.6 is 0 Å². The molecular weight excluding hydrogens is 306 g/mol. The molecule has 1 aliphatic heterocycles. The molecule has 4 N–H and O–H groups in total. The van der Waals surface area contributed by atoms with E-state index in [1.165, 1.54) is 29.6 Å². The lowest BCUT2D eigenvalue weighted by atomic mass is 10.1. The molecule has 0 saturated carbocycles. The molecule has 2 unspecified atom stereocenters. The van der Waals surface area contributed by atoms with E-state index in [1.54, 1.807) is 0 Å². The van der Waals surface area contributed by atoms with Gasteiger partial charge >= 0.3 is 0 Å². The van der Waals surface area contributed by atoms with Crippen molar-refractivity contribution in [1.82, 2.24) is 4.31 Å². The van der Waals surface area contributed by atoms with Crippen molar-refractivity contribution in [2.45, 2.75) is 24.3 Å².